The fraction of sp³-hybridized carbons (Fsp3) is 0.818. The standard InChI is InChI=1S/C11H22N2O3S/c1-5-6-13(7-9(14)15)10(16)12-8-11(2,3)17-4/h5-8H2,1-4H3,(H,12,16)(H,14,15). The number of hydrogen-bond donors (Lipinski definition) is 2. The highest BCUT2D eigenvalue weighted by Crippen LogP contribution is 2.19. The second-order valence-electron chi connectivity index (χ2n) is 4.44. The normalized spacial score (nSPS) is 11.1. The van der Waals surface area contributed by atoms with Crippen molar-refractivity contribution in [1.82, 2.24) is 10.2 Å². The lowest BCUT2D eigenvalue weighted by atomic mass is 10.2. The van der Waals surface area contributed by atoms with Crippen molar-refractivity contribution < 1.29 is 14.7 Å². The van der Waals surface area contributed by atoms with Crippen LogP contribution in [0.1, 0.15) is 27.2 Å². The molecule has 17 heavy (non-hydrogen) atoms. The van der Waals surface area contributed by atoms with Crippen LogP contribution in [0, 0.1) is 0 Å². The van der Waals surface area contributed by atoms with E-state index in [9.17, 15) is 9.59 Å². The van der Waals surface area contributed by atoms with Gasteiger partial charge >= 0.3 is 12.0 Å². The van der Waals surface area contributed by atoms with Crippen LogP contribution >= 0.6 is 11.8 Å². The number of nitrogens with one attached hydrogen (secondary N) is 1. The molecule has 0 unspecified atom stereocenters. The van der Waals surface area contributed by atoms with Crippen molar-refractivity contribution in [3.8, 4) is 0 Å². The molecule has 0 heterocycles. The first-order valence-electron chi connectivity index (χ1n) is 5.62. The highest BCUT2D eigenvalue weighted by Gasteiger charge is 2.20. The van der Waals surface area contributed by atoms with Crippen LogP contribution in [0.4, 0.5) is 4.79 Å². The Hall–Kier alpha value is -0.910. The number of amides is 2. The summed E-state index contributed by atoms with van der Waals surface area (Å²) in [6.07, 6.45) is 2.72. The van der Waals surface area contributed by atoms with Gasteiger partial charge in [0.2, 0.25) is 0 Å². The maximum atomic E-state index is 11.8. The quantitative estimate of drug-likeness (QED) is 0.731. The Kier molecular flexibility index (Phi) is 7.03. The molecule has 0 aromatic rings. The molecule has 0 rings (SSSR count). The fourth-order valence-electron chi connectivity index (χ4n) is 1.16. The Balaban J connectivity index is 4.27. The van der Waals surface area contributed by atoms with Crippen LogP contribution in [-0.4, -0.2) is 52.6 Å². The maximum absolute atomic E-state index is 11.8. The lowest BCUT2D eigenvalue weighted by molar-refractivity contribution is -0.137. The highest BCUT2D eigenvalue weighted by molar-refractivity contribution is 7.99. The molecule has 0 aliphatic rings. The Morgan fingerprint density at radius 2 is 2.00 bits per heavy atom. The molecule has 0 radical (unpaired) electrons. The number of urea groups is 1. The first kappa shape index (κ1) is 16.1. The zero-order valence-corrected chi connectivity index (χ0v) is 11.8. The molecular formula is C11H22N2O3S. The third-order valence-electron chi connectivity index (χ3n) is 2.32. The first-order chi connectivity index (χ1) is 7.82. The molecule has 6 heteroatoms. The zero-order valence-electron chi connectivity index (χ0n) is 10.9. The number of rotatable bonds is 7. The summed E-state index contributed by atoms with van der Waals surface area (Å²) in [5, 5.41) is 11.5. The van der Waals surface area contributed by atoms with Gasteiger partial charge in [-0.15, -0.1) is 0 Å². The van der Waals surface area contributed by atoms with Crippen molar-refractivity contribution in [3.05, 3.63) is 0 Å². The van der Waals surface area contributed by atoms with E-state index in [1.807, 2.05) is 27.0 Å². The number of hydrogen-bond acceptors (Lipinski definition) is 3. The molecule has 0 fully saturated rings. The second kappa shape index (κ2) is 7.42. The van der Waals surface area contributed by atoms with Gasteiger partial charge in [0.15, 0.2) is 0 Å². The van der Waals surface area contributed by atoms with Crippen LogP contribution in [0.15, 0.2) is 0 Å². The Morgan fingerprint density at radius 3 is 2.41 bits per heavy atom. The van der Waals surface area contributed by atoms with E-state index in [-0.39, 0.29) is 17.3 Å². The lowest BCUT2D eigenvalue weighted by Crippen LogP contribution is -2.46. The van der Waals surface area contributed by atoms with E-state index >= 15 is 0 Å². The molecule has 2 N–H and O–H groups in total. The van der Waals surface area contributed by atoms with Gasteiger partial charge in [-0.3, -0.25) is 4.79 Å². The molecular weight excluding hydrogens is 240 g/mol. The van der Waals surface area contributed by atoms with Crippen molar-refractivity contribution >= 4 is 23.8 Å². The van der Waals surface area contributed by atoms with Crippen molar-refractivity contribution in [2.45, 2.75) is 31.9 Å². The summed E-state index contributed by atoms with van der Waals surface area (Å²) < 4.78 is -0.0449. The van der Waals surface area contributed by atoms with Gasteiger partial charge in [0.25, 0.3) is 0 Å². The van der Waals surface area contributed by atoms with Gasteiger partial charge in [-0.1, -0.05) is 6.92 Å². The summed E-state index contributed by atoms with van der Waals surface area (Å²) in [7, 11) is 0. The van der Waals surface area contributed by atoms with Gasteiger partial charge in [0.05, 0.1) is 0 Å². The van der Waals surface area contributed by atoms with Gasteiger partial charge in [-0.2, -0.15) is 11.8 Å². The number of aliphatic carboxylic acids is 1. The topological polar surface area (TPSA) is 69.6 Å². The van der Waals surface area contributed by atoms with Gasteiger partial charge in [0, 0.05) is 17.8 Å². The zero-order chi connectivity index (χ0) is 13.5. The first-order valence-corrected chi connectivity index (χ1v) is 6.84. The highest BCUT2D eigenvalue weighted by atomic mass is 32.2. The molecule has 0 aliphatic carbocycles. The van der Waals surface area contributed by atoms with Crippen molar-refractivity contribution in [3.63, 3.8) is 0 Å². The van der Waals surface area contributed by atoms with Crippen LogP contribution in [0.5, 0.6) is 0 Å². The molecule has 5 nitrogen and oxygen atoms in total. The molecule has 0 bridgehead atoms. The molecule has 0 spiro atoms. The van der Waals surface area contributed by atoms with E-state index in [4.69, 9.17) is 5.11 Å². The molecule has 0 aromatic heterocycles. The molecule has 0 saturated carbocycles. The summed E-state index contributed by atoms with van der Waals surface area (Å²) in [4.78, 5) is 23.7. The number of carbonyl (C=O) groups excluding carboxylic acids is 1. The SMILES string of the molecule is CCCN(CC(=O)O)C(=O)NCC(C)(C)SC. The molecule has 0 saturated heterocycles. The lowest BCUT2D eigenvalue weighted by Gasteiger charge is -2.26. The second-order valence-corrected chi connectivity index (χ2v) is 5.95. The fourth-order valence-corrected chi connectivity index (χ4v) is 1.37. The summed E-state index contributed by atoms with van der Waals surface area (Å²) in [5.74, 6) is -0.988. The number of nitrogens with zero attached hydrogens (tertiary/aromatic N) is 1. The molecule has 2 amide bonds. The molecule has 100 valence electrons. The van der Waals surface area contributed by atoms with Crippen molar-refractivity contribution in [2.24, 2.45) is 0 Å². The largest absolute Gasteiger partial charge is 0.480 e. The van der Waals surface area contributed by atoms with Crippen LogP contribution in [-0.2, 0) is 4.79 Å². The van der Waals surface area contributed by atoms with Crippen LogP contribution in [0.25, 0.3) is 0 Å². The summed E-state index contributed by atoms with van der Waals surface area (Å²) in [6.45, 7) is 6.69. The predicted octanol–water partition coefficient (Wildman–Crippen LogP) is 1.63. The van der Waals surface area contributed by atoms with E-state index in [2.05, 4.69) is 5.32 Å². The molecule has 0 atom stereocenters. The minimum atomic E-state index is -0.988. The smallest absolute Gasteiger partial charge is 0.323 e. The third-order valence-corrected chi connectivity index (χ3v) is 3.57. The molecule has 0 aromatic carbocycles. The third kappa shape index (κ3) is 7.10. The van der Waals surface area contributed by atoms with E-state index in [0.717, 1.165) is 6.42 Å². The predicted molar refractivity (Wildman–Crippen MR) is 70.5 cm³/mol. The summed E-state index contributed by atoms with van der Waals surface area (Å²) >= 11 is 1.66. The average Bonchev–Trinajstić information content (AvgIpc) is 2.25. The summed E-state index contributed by atoms with van der Waals surface area (Å²) in [6, 6.07) is -0.309. The van der Waals surface area contributed by atoms with Crippen molar-refractivity contribution in [1.29, 1.82) is 0 Å². The van der Waals surface area contributed by atoms with E-state index in [1.54, 1.807) is 11.8 Å². The Labute approximate surface area is 107 Å². The monoisotopic (exact) mass is 262 g/mol. The van der Waals surface area contributed by atoms with Gasteiger partial charge in [-0.25, -0.2) is 4.79 Å². The summed E-state index contributed by atoms with van der Waals surface area (Å²) in [5.41, 5.74) is 0. The van der Waals surface area contributed by atoms with E-state index in [0.29, 0.717) is 13.1 Å². The van der Waals surface area contributed by atoms with E-state index in [1.165, 1.54) is 4.90 Å². The number of thioether (sulfide) groups is 1. The van der Waals surface area contributed by atoms with Crippen LogP contribution < -0.4 is 5.32 Å². The van der Waals surface area contributed by atoms with Gasteiger partial charge in [-0.05, 0) is 26.5 Å². The van der Waals surface area contributed by atoms with Crippen LogP contribution in [0.2, 0.25) is 0 Å². The van der Waals surface area contributed by atoms with Gasteiger partial charge in [0.1, 0.15) is 6.54 Å². The number of carboxylic acid groups (broad SMARTS) is 1. The number of carbonyl (C=O) groups is 2. The van der Waals surface area contributed by atoms with E-state index < -0.39 is 5.97 Å². The van der Waals surface area contributed by atoms with Crippen molar-refractivity contribution in [2.75, 3.05) is 25.9 Å². The Bertz CT molecular complexity index is 269. The Morgan fingerprint density at radius 1 is 1.41 bits per heavy atom. The maximum Gasteiger partial charge on any atom is 0.323 e. The minimum Gasteiger partial charge on any atom is -0.480 e. The number of carboxylic acids is 1. The van der Waals surface area contributed by atoms with Crippen LogP contribution in [0.3, 0.4) is 0 Å². The minimum absolute atomic E-state index is 0.0449. The van der Waals surface area contributed by atoms with Gasteiger partial charge < -0.3 is 15.3 Å². The molecule has 0 aliphatic heterocycles. The average molecular weight is 262 g/mol.